The molecule has 4 aliphatic rings. The summed E-state index contributed by atoms with van der Waals surface area (Å²) in [6.07, 6.45) is 0. The molecule has 6 nitrogen and oxygen atoms in total. The summed E-state index contributed by atoms with van der Waals surface area (Å²) in [5.74, 6) is 1.69. The van der Waals surface area contributed by atoms with Crippen LogP contribution in [0, 0.1) is 0 Å². The molecule has 13 aromatic carbocycles. The van der Waals surface area contributed by atoms with Crippen molar-refractivity contribution >= 4 is 132 Å². The van der Waals surface area contributed by atoms with Crippen molar-refractivity contribution < 1.29 is 4.74 Å². The van der Waals surface area contributed by atoms with Crippen molar-refractivity contribution in [2.75, 3.05) is 24.5 Å². The summed E-state index contributed by atoms with van der Waals surface area (Å²) >= 11 is 0. The van der Waals surface area contributed by atoms with Crippen molar-refractivity contribution in [1.82, 2.24) is 0 Å². The number of rotatable bonds is 10. The van der Waals surface area contributed by atoms with E-state index in [4.69, 9.17) is 4.74 Å². The van der Waals surface area contributed by atoms with Gasteiger partial charge in [-0.2, -0.15) is 0 Å². The second kappa shape index (κ2) is 21.3. The van der Waals surface area contributed by atoms with Crippen LogP contribution < -0.4 is 62.0 Å². The molecule has 0 unspecified atom stereocenters. The number of anilines is 15. The molecule has 0 radical (unpaired) electrons. The van der Waals surface area contributed by atoms with Crippen molar-refractivity contribution in [2.45, 2.75) is 26.2 Å². The Bertz CT molecular complexity index is 4830. The first-order valence-electron chi connectivity index (χ1n) is 31.2. The van der Waals surface area contributed by atoms with E-state index in [9.17, 15) is 0 Å². The minimum absolute atomic E-state index is 0.0217. The fraction of sp³-hybridized carbons (Fsp3) is 0.0488. The molecule has 4 heterocycles. The number of fused-ring (bicyclic) bond motifs is 8. The Morgan fingerprint density at radius 2 is 0.722 bits per heavy atom. The first-order chi connectivity index (χ1) is 44.3. The standard InChI is InChI=1S/C82H61B2N5O/c1-82(2,3)57-48-46-56(47-49-57)66-40-22-25-43-71(66)86(60-32-14-6-15-33-60)65-52-77-81-79(53-65)90-78-45-27-24-42-68(78)84(81)70-54-69-73(55-74(70)89(77)63-38-20-9-21-39-63)88(62-36-18-8-19-37-62)76-51-64(85(58-28-10-4-11-29-58)59-30-12-5-13-31-59)50-75-80(76)83(69)67-41-23-26-44-72(67)87(75)61-34-16-7-17-35-61/h4-55H,1-3H3. The lowest BCUT2D eigenvalue weighted by atomic mass is 9.30. The van der Waals surface area contributed by atoms with Gasteiger partial charge in [0.05, 0.1) is 17.1 Å². The number of para-hydroxylation sites is 9. The van der Waals surface area contributed by atoms with E-state index in [0.717, 1.165) is 119 Å². The molecule has 0 bridgehead atoms. The third-order valence-corrected chi connectivity index (χ3v) is 18.6. The van der Waals surface area contributed by atoms with Crippen LogP contribution in [0.4, 0.5) is 85.3 Å². The lowest BCUT2D eigenvalue weighted by molar-refractivity contribution is 0.487. The molecule has 0 atom stereocenters. The zero-order chi connectivity index (χ0) is 60.0. The largest absolute Gasteiger partial charge is 0.458 e. The molecule has 8 heteroatoms. The predicted octanol–water partition coefficient (Wildman–Crippen LogP) is 18.1. The van der Waals surface area contributed by atoms with Gasteiger partial charge in [-0.25, -0.2) is 0 Å². The molecular weight excluding hydrogens is 1090 g/mol. The number of hydrogen-bond donors (Lipinski definition) is 0. The Kier molecular flexibility index (Phi) is 12.6. The second-order valence-electron chi connectivity index (χ2n) is 24.8. The number of ether oxygens (including phenoxy) is 1. The van der Waals surface area contributed by atoms with E-state index in [1.165, 1.54) is 27.4 Å². The third kappa shape index (κ3) is 8.65. The van der Waals surface area contributed by atoms with Crippen LogP contribution in [0.1, 0.15) is 26.3 Å². The first kappa shape index (κ1) is 53.1. The second-order valence-corrected chi connectivity index (χ2v) is 24.8. The van der Waals surface area contributed by atoms with E-state index in [-0.39, 0.29) is 18.8 Å². The molecule has 0 saturated heterocycles. The zero-order valence-corrected chi connectivity index (χ0v) is 50.3. The van der Waals surface area contributed by atoms with Gasteiger partial charge in [-0.1, -0.05) is 215 Å². The van der Waals surface area contributed by atoms with Gasteiger partial charge in [-0.15, -0.1) is 0 Å². The van der Waals surface area contributed by atoms with Crippen LogP contribution in [0.3, 0.4) is 0 Å². The Balaban J connectivity index is 0.950. The Labute approximate surface area is 527 Å². The van der Waals surface area contributed by atoms with E-state index < -0.39 is 0 Å². The topological polar surface area (TPSA) is 25.4 Å². The number of nitrogens with zero attached hydrogens (tertiary/aromatic N) is 5. The molecule has 426 valence electrons. The molecule has 0 aliphatic carbocycles. The molecule has 17 rings (SSSR count). The van der Waals surface area contributed by atoms with Crippen molar-refractivity contribution in [3.05, 3.63) is 321 Å². The molecule has 0 N–H and O–H groups in total. The molecule has 0 saturated carbocycles. The smallest absolute Gasteiger partial charge is 0.256 e. The molecular formula is C82H61B2N5O. The predicted molar refractivity (Wildman–Crippen MR) is 380 cm³/mol. The Hall–Kier alpha value is -11.2. The Morgan fingerprint density at radius 3 is 1.27 bits per heavy atom. The molecule has 0 fully saturated rings. The third-order valence-electron chi connectivity index (χ3n) is 18.6. The minimum atomic E-state index is -0.188. The van der Waals surface area contributed by atoms with Crippen LogP contribution in [0.2, 0.25) is 0 Å². The highest BCUT2D eigenvalue weighted by Crippen LogP contribution is 2.52. The van der Waals surface area contributed by atoms with Crippen LogP contribution >= 0.6 is 0 Å². The maximum absolute atomic E-state index is 7.37. The zero-order valence-electron chi connectivity index (χ0n) is 50.3. The van der Waals surface area contributed by atoms with Crippen LogP contribution in [0.15, 0.2) is 315 Å². The summed E-state index contributed by atoms with van der Waals surface area (Å²) in [7, 11) is 0. The van der Waals surface area contributed by atoms with E-state index in [0.29, 0.717) is 0 Å². The average molecular weight is 1150 g/mol. The van der Waals surface area contributed by atoms with E-state index in [1.54, 1.807) is 0 Å². The van der Waals surface area contributed by atoms with Crippen LogP contribution in [-0.4, -0.2) is 13.4 Å². The molecule has 4 aliphatic heterocycles. The van der Waals surface area contributed by atoms with Crippen molar-refractivity contribution in [1.29, 1.82) is 0 Å². The SMILES string of the molecule is CC(C)(C)c1ccc(-c2ccccc2N(c2ccccc2)c2cc3c4c(c2)N(c2ccccc2)c2cc5c(cc2B4c2ccccc2O3)B2c3ccccc3N(c3ccccc3)c3cc(N(c4ccccc4)c4ccccc4)cc(c32)N5c2ccccc2)cc1. The van der Waals surface area contributed by atoms with Gasteiger partial charge < -0.3 is 29.2 Å². The van der Waals surface area contributed by atoms with E-state index in [1.807, 2.05) is 0 Å². The first-order valence-corrected chi connectivity index (χ1v) is 31.2. The van der Waals surface area contributed by atoms with Crippen LogP contribution in [-0.2, 0) is 5.41 Å². The highest BCUT2D eigenvalue weighted by Gasteiger charge is 2.48. The maximum atomic E-state index is 7.37. The normalized spacial score (nSPS) is 13.0. The van der Waals surface area contributed by atoms with Gasteiger partial charge in [0.1, 0.15) is 11.5 Å². The summed E-state index contributed by atoms with van der Waals surface area (Å²) in [6, 6.07) is 116. The van der Waals surface area contributed by atoms with Crippen molar-refractivity contribution in [3.8, 4) is 22.6 Å². The molecule has 0 aromatic heterocycles. The summed E-state index contributed by atoms with van der Waals surface area (Å²) in [4.78, 5) is 12.4. The lowest BCUT2D eigenvalue weighted by Crippen LogP contribution is -2.64. The monoisotopic (exact) mass is 1150 g/mol. The summed E-state index contributed by atoms with van der Waals surface area (Å²) < 4.78 is 7.37. The van der Waals surface area contributed by atoms with Gasteiger partial charge >= 0.3 is 0 Å². The van der Waals surface area contributed by atoms with Gasteiger partial charge in [0.2, 0.25) is 0 Å². The molecule has 90 heavy (non-hydrogen) atoms. The van der Waals surface area contributed by atoms with Gasteiger partial charge in [-0.3, -0.25) is 0 Å². The quantitative estimate of drug-likeness (QED) is 0.127. The van der Waals surface area contributed by atoms with Crippen LogP contribution in [0.5, 0.6) is 11.5 Å². The molecule has 0 amide bonds. The van der Waals surface area contributed by atoms with E-state index >= 15 is 0 Å². The number of benzene rings is 13. The summed E-state index contributed by atoms with van der Waals surface area (Å²) in [5, 5.41) is 0. The fourth-order valence-electron chi connectivity index (χ4n) is 14.6. The molecule has 13 aromatic rings. The minimum Gasteiger partial charge on any atom is -0.458 e. The summed E-state index contributed by atoms with van der Waals surface area (Å²) in [5.41, 5.74) is 27.0. The van der Waals surface area contributed by atoms with E-state index in [2.05, 4.69) is 361 Å². The average Bonchev–Trinajstić information content (AvgIpc) is 0.697. The Morgan fingerprint density at radius 1 is 0.300 bits per heavy atom. The van der Waals surface area contributed by atoms with Gasteiger partial charge in [0, 0.05) is 79.9 Å². The lowest BCUT2D eigenvalue weighted by Gasteiger charge is -2.46. The highest BCUT2D eigenvalue weighted by molar-refractivity contribution is 7.02. The van der Waals surface area contributed by atoms with Gasteiger partial charge in [-0.05, 0) is 165 Å². The molecule has 0 spiro atoms. The number of hydrogen-bond acceptors (Lipinski definition) is 6. The summed E-state index contributed by atoms with van der Waals surface area (Å²) in [6.45, 7) is 6.48. The maximum Gasteiger partial charge on any atom is 0.256 e. The van der Waals surface area contributed by atoms with Crippen molar-refractivity contribution in [2.24, 2.45) is 0 Å². The van der Waals surface area contributed by atoms with Gasteiger partial charge in [0.15, 0.2) is 0 Å². The van der Waals surface area contributed by atoms with Crippen molar-refractivity contribution in [3.63, 3.8) is 0 Å². The van der Waals surface area contributed by atoms with Crippen LogP contribution in [0.25, 0.3) is 11.1 Å². The highest BCUT2D eigenvalue weighted by atomic mass is 16.5. The van der Waals surface area contributed by atoms with Gasteiger partial charge in [0.25, 0.3) is 13.4 Å². The fourth-order valence-corrected chi connectivity index (χ4v) is 14.6.